The topological polar surface area (TPSA) is 142 Å². The number of aromatic nitrogens is 2. The maximum Gasteiger partial charge on any atom is 0.347 e. The SMILES string of the molecule is C[C@@H]1Cc2c([nH]c3ccccc23)[C@@H](c2ccc(C3CCC(C(=O)N4CCC(N5Cc6cc7c(cc6C5)C(=O)[N+]([O-])(C5CCC(=O)NC5=O)C7)CC4)CC3)nc2)N1CC(F)F. The van der Waals surface area contributed by atoms with Crippen molar-refractivity contribution < 1.29 is 32.6 Å². The number of aromatic amines is 1. The number of H-pyrrole nitrogens is 1. The summed E-state index contributed by atoms with van der Waals surface area (Å²) in [5, 5.41) is 17.2. The number of hydroxylamine groups is 3. The van der Waals surface area contributed by atoms with E-state index < -0.39 is 34.8 Å². The summed E-state index contributed by atoms with van der Waals surface area (Å²) in [7, 11) is 0. The molecule has 5 aliphatic heterocycles. The maximum absolute atomic E-state index is 13.9. The van der Waals surface area contributed by atoms with Crippen LogP contribution in [0.1, 0.15) is 120 Å². The van der Waals surface area contributed by atoms with Gasteiger partial charge in [0.05, 0.1) is 18.2 Å². The lowest BCUT2D eigenvalue weighted by Gasteiger charge is -2.42. The van der Waals surface area contributed by atoms with E-state index in [0.717, 1.165) is 77.5 Å². The molecule has 2 saturated heterocycles. The highest BCUT2D eigenvalue weighted by atomic mass is 19.3. The van der Waals surface area contributed by atoms with E-state index in [0.29, 0.717) is 49.8 Å². The fourth-order valence-corrected chi connectivity index (χ4v) is 11.5. The monoisotopic (exact) mass is 819 g/mol. The fraction of sp³-hybridized carbons (Fsp3) is 0.500. The standard InChI is InChI=1S/C46H51F2N7O5/c1-26-18-36-34-4-2-3-5-38(34)50-42(36)43(54(26)24-40(47)48)29-10-11-37(49-21-29)27-6-8-28(9-7-27)45(58)52-16-14-33(15-17-52)53-22-30-19-32-25-55(60,39-12-13-41(56)51-44(39)57)46(59)35(32)20-31(30)23-53/h2-5,10-11,19-21,26-28,33,39-40,43,50H,6-9,12-18,22-25H2,1H3,(H,51,56,57)/t26-,27?,28?,39?,43-,55?/m1/s1. The highest BCUT2D eigenvalue weighted by Gasteiger charge is 2.50. The van der Waals surface area contributed by atoms with Crippen LogP contribution in [0, 0.1) is 11.1 Å². The summed E-state index contributed by atoms with van der Waals surface area (Å²) in [6, 6.07) is 14.9. The van der Waals surface area contributed by atoms with Crippen molar-refractivity contribution in [2.45, 2.75) is 121 Å². The molecule has 1 saturated carbocycles. The molecule has 4 amide bonds. The normalized spacial score (nSPS) is 28.9. The lowest BCUT2D eigenvalue weighted by atomic mass is 9.79. The summed E-state index contributed by atoms with van der Waals surface area (Å²) in [6.45, 7) is 4.41. The number of piperidine rings is 2. The smallest absolute Gasteiger partial charge is 0.347 e. The average Bonchev–Trinajstić information content (AvgIpc) is 3.91. The van der Waals surface area contributed by atoms with Gasteiger partial charge in [-0.05, 0) is 98.4 Å². The highest BCUT2D eigenvalue weighted by Crippen LogP contribution is 2.43. The number of fused-ring (bicyclic) bond motifs is 5. The first-order valence-electron chi connectivity index (χ1n) is 21.7. The number of imide groups is 1. The van der Waals surface area contributed by atoms with Crippen LogP contribution in [-0.2, 0) is 40.4 Å². The Morgan fingerprint density at radius 2 is 1.70 bits per heavy atom. The van der Waals surface area contributed by atoms with Crippen LogP contribution in [0.3, 0.4) is 0 Å². The predicted molar refractivity (Wildman–Crippen MR) is 218 cm³/mol. The number of para-hydroxylation sites is 1. The van der Waals surface area contributed by atoms with Crippen molar-refractivity contribution in [1.82, 2.24) is 30.0 Å². The van der Waals surface area contributed by atoms with E-state index in [4.69, 9.17) is 4.98 Å². The van der Waals surface area contributed by atoms with Crippen molar-refractivity contribution in [2.24, 2.45) is 5.92 Å². The zero-order valence-electron chi connectivity index (χ0n) is 33.9. The van der Waals surface area contributed by atoms with Crippen LogP contribution >= 0.6 is 0 Å². The zero-order chi connectivity index (χ0) is 41.4. The van der Waals surface area contributed by atoms with Crippen LogP contribution in [-0.4, -0.2) is 97.1 Å². The van der Waals surface area contributed by atoms with E-state index in [1.54, 1.807) is 0 Å². The van der Waals surface area contributed by atoms with Crippen molar-refractivity contribution in [3.63, 3.8) is 0 Å². The number of benzene rings is 2. The fourth-order valence-electron chi connectivity index (χ4n) is 11.5. The first-order valence-corrected chi connectivity index (χ1v) is 21.7. The molecule has 2 aromatic heterocycles. The van der Waals surface area contributed by atoms with E-state index in [1.807, 2.05) is 53.3 Å². The number of carbonyl (C=O) groups excluding carboxylic acids is 4. The third-order valence-electron chi connectivity index (χ3n) is 14.6. The number of quaternary nitrogens is 1. The van der Waals surface area contributed by atoms with Crippen LogP contribution in [0.4, 0.5) is 8.78 Å². The Kier molecular flexibility index (Phi) is 9.96. The molecule has 0 bridgehead atoms. The Morgan fingerprint density at radius 1 is 0.950 bits per heavy atom. The molecule has 314 valence electrons. The molecule has 1 aliphatic carbocycles. The molecule has 3 fully saturated rings. The summed E-state index contributed by atoms with van der Waals surface area (Å²) in [5.74, 6) is -1.21. The molecule has 4 aromatic rings. The Bertz CT molecular complexity index is 2370. The number of likely N-dealkylation sites (tertiary alicyclic amines) is 1. The van der Waals surface area contributed by atoms with E-state index in [2.05, 4.69) is 33.4 Å². The molecule has 14 heteroatoms. The van der Waals surface area contributed by atoms with Gasteiger partial charge in [-0.3, -0.25) is 39.1 Å². The van der Waals surface area contributed by atoms with Crippen LogP contribution in [0.5, 0.6) is 0 Å². The summed E-state index contributed by atoms with van der Waals surface area (Å²) in [6.07, 6.45) is 5.37. The molecule has 0 radical (unpaired) electrons. The van der Waals surface area contributed by atoms with E-state index in [9.17, 15) is 33.2 Å². The molecule has 0 spiro atoms. The molecule has 12 nitrogen and oxygen atoms in total. The molecular formula is C46H51F2N7O5. The van der Waals surface area contributed by atoms with Crippen molar-refractivity contribution in [3.05, 3.63) is 105 Å². The third-order valence-corrected chi connectivity index (χ3v) is 14.6. The van der Waals surface area contributed by atoms with Gasteiger partial charge in [0.2, 0.25) is 11.8 Å². The highest BCUT2D eigenvalue weighted by molar-refractivity contribution is 6.02. The molecule has 7 heterocycles. The second kappa shape index (κ2) is 15.2. The molecule has 4 atom stereocenters. The van der Waals surface area contributed by atoms with Crippen LogP contribution in [0.15, 0.2) is 54.7 Å². The lowest BCUT2D eigenvalue weighted by Crippen LogP contribution is -2.60. The Hall–Kier alpha value is -4.89. The number of nitrogens with one attached hydrogen (secondary N) is 2. The minimum atomic E-state index is -2.45. The van der Waals surface area contributed by atoms with Gasteiger partial charge in [0.15, 0.2) is 6.04 Å². The molecule has 60 heavy (non-hydrogen) atoms. The number of alkyl halides is 2. The number of pyridine rings is 1. The number of hydrogen-bond acceptors (Lipinski definition) is 8. The van der Waals surface area contributed by atoms with Gasteiger partial charge >= 0.3 is 5.91 Å². The van der Waals surface area contributed by atoms with Gasteiger partial charge in [0.1, 0.15) is 6.54 Å². The number of amides is 4. The van der Waals surface area contributed by atoms with Crippen LogP contribution in [0.25, 0.3) is 10.9 Å². The lowest BCUT2D eigenvalue weighted by molar-refractivity contribution is -0.825. The maximum atomic E-state index is 13.9. The van der Waals surface area contributed by atoms with Crippen molar-refractivity contribution in [2.75, 3.05) is 19.6 Å². The Labute approximate surface area is 347 Å². The molecule has 2 aromatic carbocycles. The summed E-state index contributed by atoms with van der Waals surface area (Å²) in [4.78, 5) is 66.3. The van der Waals surface area contributed by atoms with Gasteiger partial charge < -0.3 is 15.1 Å². The van der Waals surface area contributed by atoms with E-state index in [-0.39, 0.29) is 55.8 Å². The van der Waals surface area contributed by atoms with Crippen LogP contribution < -0.4 is 5.32 Å². The average molecular weight is 820 g/mol. The quantitative estimate of drug-likeness (QED) is 0.127. The molecule has 6 aliphatic rings. The number of nitrogens with zero attached hydrogens (tertiary/aromatic N) is 5. The molecule has 10 rings (SSSR count). The van der Waals surface area contributed by atoms with Crippen LogP contribution in [0.2, 0.25) is 0 Å². The minimum absolute atomic E-state index is 0.00758. The molecule has 2 unspecified atom stereocenters. The van der Waals surface area contributed by atoms with Gasteiger partial charge in [-0.1, -0.05) is 24.3 Å². The largest absolute Gasteiger partial charge is 0.624 e. The van der Waals surface area contributed by atoms with Gasteiger partial charge in [-0.2, -0.15) is 0 Å². The Balaban J connectivity index is 0.732. The summed E-state index contributed by atoms with van der Waals surface area (Å²) >= 11 is 0. The summed E-state index contributed by atoms with van der Waals surface area (Å²) < 4.78 is 26.5. The minimum Gasteiger partial charge on any atom is -0.624 e. The number of rotatable bonds is 7. The van der Waals surface area contributed by atoms with Crippen molar-refractivity contribution in [1.29, 1.82) is 0 Å². The van der Waals surface area contributed by atoms with Gasteiger partial charge in [-0.25, -0.2) is 13.6 Å². The number of hydrogen-bond donors (Lipinski definition) is 2. The first-order chi connectivity index (χ1) is 28.9. The zero-order valence-corrected chi connectivity index (χ0v) is 33.9. The van der Waals surface area contributed by atoms with E-state index >= 15 is 0 Å². The predicted octanol–water partition coefficient (Wildman–Crippen LogP) is 6.22. The van der Waals surface area contributed by atoms with Crippen molar-refractivity contribution >= 4 is 34.5 Å². The van der Waals surface area contributed by atoms with Gasteiger partial charge in [0.25, 0.3) is 12.3 Å². The van der Waals surface area contributed by atoms with Gasteiger partial charge in [-0.15, -0.1) is 0 Å². The Morgan fingerprint density at radius 3 is 2.42 bits per heavy atom. The second-order valence-corrected chi connectivity index (χ2v) is 18.1. The molecular weight excluding hydrogens is 769 g/mol. The van der Waals surface area contributed by atoms with Crippen molar-refractivity contribution in [3.8, 4) is 0 Å². The first kappa shape index (κ1) is 39.3. The van der Waals surface area contributed by atoms with E-state index in [1.165, 1.54) is 5.56 Å². The molecule has 2 N–H and O–H groups in total. The number of halogens is 2. The third kappa shape index (κ3) is 6.76. The second-order valence-electron chi connectivity index (χ2n) is 18.1. The van der Waals surface area contributed by atoms with Gasteiger partial charge in [0, 0.05) is 97.0 Å². The summed E-state index contributed by atoms with van der Waals surface area (Å²) in [5.41, 5.74) is 8.25. The number of carbonyl (C=O) groups is 4.